The third-order valence-corrected chi connectivity index (χ3v) is 9.98. The van der Waals surface area contributed by atoms with E-state index in [0.29, 0.717) is 28.6 Å². The van der Waals surface area contributed by atoms with Crippen molar-refractivity contribution in [1.29, 1.82) is 0 Å². The normalized spacial score (nSPS) is 15.1. The Bertz CT molecular complexity index is 1630. The lowest BCUT2D eigenvalue weighted by Crippen LogP contribution is -2.20. The Kier molecular flexibility index (Phi) is 9.91. The SMILES string of the molecule is COC(=O)c1c(NC(=O)C(Sc2cccc(NC(=O)CC(C)(C)C)c2)c2ccccc2)sc2c1CCC(c1ccccc1)C2. The van der Waals surface area contributed by atoms with Crippen molar-refractivity contribution in [3.63, 3.8) is 0 Å². The lowest BCUT2D eigenvalue weighted by atomic mass is 9.83. The first-order chi connectivity index (χ1) is 21.1. The number of nitrogens with one attached hydrogen (secondary N) is 2. The van der Waals surface area contributed by atoms with Crippen LogP contribution in [0.25, 0.3) is 0 Å². The summed E-state index contributed by atoms with van der Waals surface area (Å²) in [6, 6.07) is 27.6. The van der Waals surface area contributed by atoms with Crippen LogP contribution < -0.4 is 10.6 Å². The Morgan fingerprint density at radius 3 is 2.34 bits per heavy atom. The first-order valence-corrected chi connectivity index (χ1v) is 16.5. The number of anilines is 2. The van der Waals surface area contributed by atoms with Crippen LogP contribution in [0.2, 0.25) is 0 Å². The Hall–Kier alpha value is -3.88. The Morgan fingerprint density at radius 1 is 0.955 bits per heavy atom. The molecule has 0 radical (unpaired) electrons. The van der Waals surface area contributed by atoms with Crippen LogP contribution in [0.3, 0.4) is 0 Å². The summed E-state index contributed by atoms with van der Waals surface area (Å²) < 4.78 is 5.19. The van der Waals surface area contributed by atoms with Crippen molar-refractivity contribution in [1.82, 2.24) is 0 Å². The molecule has 2 atom stereocenters. The molecule has 44 heavy (non-hydrogen) atoms. The van der Waals surface area contributed by atoms with Crippen molar-refractivity contribution >= 4 is 51.6 Å². The van der Waals surface area contributed by atoms with Gasteiger partial charge in [0.05, 0.1) is 12.7 Å². The smallest absolute Gasteiger partial charge is 0.341 e. The van der Waals surface area contributed by atoms with E-state index in [4.69, 9.17) is 4.74 Å². The van der Waals surface area contributed by atoms with Gasteiger partial charge >= 0.3 is 5.97 Å². The first kappa shape index (κ1) is 31.5. The molecule has 0 spiro atoms. The van der Waals surface area contributed by atoms with Crippen molar-refractivity contribution in [2.75, 3.05) is 17.7 Å². The second kappa shape index (κ2) is 13.8. The van der Waals surface area contributed by atoms with Gasteiger partial charge in [-0.2, -0.15) is 0 Å². The minimum atomic E-state index is -0.599. The van der Waals surface area contributed by atoms with E-state index in [9.17, 15) is 14.4 Å². The molecule has 0 fully saturated rings. The predicted octanol–water partition coefficient (Wildman–Crippen LogP) is 8.65. The topological polar surface area (TPSA) is 84.5 Å². The van der Waals surface area contributed by atoms with Gasteiger partial charge in [-0.1, -0.05) is 87.5 Å². The molecular weight excluding hydrogens is 589 g/mol. The number of thiophene rings is 1. The number of ether oxygens (including phenoxy) is 1. The van der Waals surface area contributed by atoms with Crippen LogP contribution in [0.5, 0.6) is 0 Å². The Labute approximate surface area is 267 Å². The summed E-state index contributed by atoms with van der Waals surface area (Å²) in [5.74, 6) is -0.353. The highest BCUT2D eigenvalue weighted by Gasteiger charge is 2.32. The average Bonchev–Trinajstić information content (AvgIpc) is 3.36. The van der Waals surface area contributed by atoms with Gasteiger partial charge in [-0.3, -0.25) is 9.59 Å². The maximum atomic E-state index is 14.1. The van der Waals surface area contributed by atoms with Crippen molar-refractivity contribution in [3.8, 4) is 0 Å². The van der Waals surface area contributed by atoms with Crippen molar-refractivity contribution in [2.45, 2.75) is 62.5 Å². The lowest BCUT2D eigenvalue weighted by molar-refractivity contribution is -0.118. The Balaban J connectivity index is 1.40. The standard InChI is InChI=1S/C36H38N2O4S2/c1-36(2,3)22-30(39)37-26-16-11-17-27(21-26)43-32(24-14-9-6-10-15-24)33(40)38-34-31(35(41)42-4)28-19-18-25(20-29(28)44-34)23-12-7-5-8-13-23/h5-17,21,25,32H,18-20,22H2,1-4H3,(H,37,39)(H,38,40). The van der Waals surface area contributed by atoms with Crippen molar-refractivity contribution in [2.24, 2.45) is 5.41 Å². The summed E-state index contributed by atoms with van der Waals surface area (Å²) in [5, 5.41) is 6.04. The molecule has 0 bridgehead atoms. The van der Waals surface area contributed by atoms with E-state index in [-0.39, 0.29) is 17.2 Å². The molecule has 2 amide bonds. The molecular formula is C36H38N2O4S2. The van der Waals surface area contributed by atoms with Gasteiger partial charge in [-0.05, 0) is 65.5 Å². The summed E-state index contributed by atoms with van der Waals surface area (Å²) >= 11 is 2.88. The molecule has 228 valence electrons. The van der Waals surface area contributed by atoms with E-state index in [2.05, 4.69) is 34.9 Å². The second-order valence-corrected chi connectivity index (χ2v) is 14.5. The number of hydrogen-bond acceptors (Lipinski definition) is 6. The highest BCUT2D eigenvalue weighted by atomic mass is 32.2. The molecule has 1 aliphatic carbocycles. The fourth-order valence-corrected chi connectivity index (χ4v) is 7.95. The fraction of sp³-hybridized carbons (Fsp3) is 0.306. The quantitative estimate of drug-likeness (QED) is 0.144. The third-order valence-electron chi connectivity index (χ3n) is 7.57. The molecule has 0 saturated carbocycles. The number of benzene rings is 3. The summed E-state index contributed by atoms with van der Waals surface area (Å²) in [4.78, 5) is 41.6. The van der Waals surface area contributed by atoms with Crippen LogP contribution in [-0.4, -0.2) is 24.9 Å². The monoisotopic (exact) mass is 626 g/mol. The Morgan fingerprint density at radius 2 is 1.66 bits per heavy atom. The van der Waals surface area contributed by atoms with E-state index in [1.54, 1.807) is 0 Å². The van der Waals surface area contributed by atoms with Crippen LogP contribution >= 0.6 is 23.1 Å². The number of hydrogen-bond donors (Lipinski definition) is 2. The minimum Gasteiger partial charge on any atom is -0.465 e. The highest BCUT2D eigenvalue weighted by Crippen LogP contribution is 2.44. The largest absolute Gasteiger partial charge is 0.465 e. The zero-order valence-corrected chi connectivity index (χ0v) is 27.1. The molecule has 0 saturated heterocycles. The molecule has 1 aromatic heterocycles. The van der Waals surface area contributed by atoms with Gasteiger partial charge in [0, 0.05) is 21.9 Å². The first-order valence-electron chi connectivity index (χ1n) is 14.8. The number of esters is 1. The van der Waals surface area contributed by atoms with E-state index >= 15 is 0 Å². The van der Waals surface area contributed by atoms with E-state index in [1.165, 1.54) is 35.8 Å². The number of methoxy groups -OCH3 is 1. The molecule has 3 aromatic carbocycles. The van der Waals surface area contributed by atoms with Gasteiger partial charge < -0.3 is 15.4 Å². The van der Waals surface area contributed by atoms with Gasteiger partial charge in [0.25, 0.3) is 0 Å². The zero-order chi connectivity index (χ0) is 31.3. The van der Waals surface area contributed by atoms with Crippen molar-refractivity contribution in [3.05, 3.63) is 112 Å². The van der Waals surface area contributed by atoms with E-state index in [1.807, 2.05) is 81.4 Å². The van der Waals surface area contributed by atoms with E-state index in [0.717, 1.165) is 40.2 Å². The maximum Gasteiger partial charge on any atom is 0.341 e. The molecule has 1 heterocycles. The summed E-state index contributed by atoms with van der Waals surface area (Å²) in [5.41, 5.74) is 4.12. The third kappa shape index (κ3) is 7.79. The van der Waals surface area contributed by atoms with Crippen LogP contribution in [-0.2, 0) is 27.2 Å². The molecule has 0 aliphatic heterocycles. The molecule has 2 unspecified atom stereocenters. The van der Waals surface area contributed by atoms with Crippen LogP contribution in [0, 0.1) is 5.41 Å². The van der Waals surface area contributed by atoms with Crippen LogP contribution in [0.4, 0.5) is 10.7 Å². The van der Waals surface area contributed by atoms with Gasteiger partial charge in [-0.25, -0.2) is 4.79 Å². The molecule has 6 nitrogen and oxygen atoms in total. The van der Waals surface area contributed by atoms with Gasteiger partial charge in [-0.15, -0.1) is 23.1 Å². The average molecular weight is 627 g/mol. The van der Waals surface area contributed by atoms with Gasteiger partial charge in [0.2, 0.25) is 11.8 Å². The molecule has 1 aliphatic rings. The number of amides is 2. The summed E-state index contributed by atoms with van der Waals surface area (Å²) in [6.45, 7) is 6.08. The molecule has 4 aromatic rings. The number of carbonyl (C=O) groups is 3. The minimum absolute atomic E-state index is 0.0523. The number of rotatable bonds is 9. The van der Waals surface area contributed by atoms with E-state index < -0.39 is 11.2 Å². The predicted molar refractivity (Wildman–Crippen MR) is 180 cm³/mol. The van der Waals surface area contributed by atoms with Gasteiger partial charge in [0.15, 0.2) is 0 Å². The number of thioether (sulfide) groups is 1. The molecule has 8 heteroatoms. The van der Waals surface area contributed by atoms with Crippen molar-refractivity contribution < 1.29 is 19.1 Å². The second-order valence-electron chi connectivity index (χ2n) is 12.3. The number of fused-ring (bicyclic) bond motifs is 1. The lowest BCUT2D eigenvalue weighted by Gasteiger charge is -2.22. The van der Waals surface area contributed by atoms with Crippen LogP contribution in [0.15, 0.2) is 89.8 Å². The molecule has 5 rings (SSSR count). The molecule has 2 N–H and O–H groups in total. The highest BCUT2D eigenvalue weighted by molar-refractivity contribution is 8.00. The fourth-order valence-electron chi connectivity index (χ4n) is 5.55. The van der Waals surface area contributed by atoms with Gasteiger partial charge in [0.1, 0.15) is 10.3 Å². The van der Waals surface area contributed by atoms with Crippen LogP contribution in [0.1, 0.15) is 76.7 Å². The summed E-state index contributed by atoms with van der Waals surface area (Å²) in [7, 11) is 1.38. The maximum absolute atomic E-state index is 14.1. The number of carbonyl (C=O) groups excluding carboxylic acids is 3. The summed E-state index contributed by atoms with van der Waals surface area (Å²) in [6.07, 6.45) is 2.89. The zero-order valence-electron chi connectivity index (χ0n) is 25.5.